The second-order valence-electron chi connectivity index (χ2n) is 17.4. The highest BCUT2D eigenvalue weighted by Crippen LogP contribution is 2.47. The summed E-state index contributed by atoms with van der Waals surface area (Å²) < 4.78 is 58.8. The second-order valence-corrected chi connectivity index (χ2v) is 17.4. The first-order valence-corrected chi connectivity index (χ1v) is 17.9. The zero-order valence-electron chi connectivity index (χ0n) is 31.6. The maximum Gasteiger partial charge on any atom is 0.224 e. The third-order valence-corrected chi connectivity index (χ3v) is 11.2. The van der Waals surface area contributed by atoms with E-state index in [-0.39, 0.29) is 33.3 Å². The Hall–Kier alpha value is -4.08. The van der Waals surface area contributed by atoms with Gasteiger partial charge in [-0.05, 0) is 156 Å². The van der Waals surface area contributed by atoms with E-state index < -0.39 is 29.2 Å². The fraction of sp³-hybridized carbons (Fsp3) is 0.512. The lowest BCUT2D eigenvalue weighted by molar-refractivity contribution is 0.244. The maximum absolute atomic E-state index is 15.4. The van der Waals surface area contributed by atoms with Crippen molar-refractivity contribution in [3.8, 4) is 22.5 Å². The van der Waals surface area contributed by atoms with E-state index in [4.69, 9.17) is 9.97 Å². The fourth-order valence-electron chi connectivity index (χ4n) is 8.94. The molecule has 2 aliphatic rings. The number of piperidine rings is 2. The minimum Gasteiger partial charge on any atom is -0.361 e. The van der Waals surface area contributed by atoms with Gasteiger partial charge in [0.1, 0.15) is 0 Å². The first kappa shape index (κ1) is 36.7. The van der Waals surface area contributed by atoms with Crippen molar-refractivity contribution in [2.24, 2.45) is 0 Å². The lowest BCUT2D eigenvalue weighted by Crippen LogP contribution is -2.59. The molecule has 10 heteroatoms. The van der Waals surface area contributed by atoms with Gasteiger partial charge in [0, 0.05) is 38.9 Å². The Morgan fingerprint density at radius 2 is 0.843 bits per heavy atom. The number of aromatic nitrogens is 4. The van der Waals surface area contributed by atoms with Crippen molar-refractivity contribution in [2.75, 3.05) is 9.80 Å². The van der Waals surface area contributed by atoms with Crippen LogP contribution >= 0.6 is 0 Å². The van der Waals surface area contributed by atoms with Gasteiger partial charge < -0.3 is 9.80 Å². The molecular weight excluding hydrogens is 652 g/mol. The minimum atomic E-state index is -0.947. The summed E-state index contributed by atoms with van der Waals surface area (Å²) in [5.74, 6) is -3.72. The van der Waals surface area contributed by atoms with E-state index in [1.54, 1.807) is 0 Å². The second kappa shape index (κ2) is 12.6. The van der Waals surface area contributed by atoms with Gasteiger partial charge in [-0.2, -0.15) is 27.5 Å². The van der Waals surface area contributed by atoms with E-state index in [1.807, 2.05) is 38.1 Å². The molecule has 0 radical (unpaired) electrons. The molecule has 0 amide bonds. The predicted molar refractivity (Wildman–Crippen MR) is 196 cm³/mol. The largest absolute Gasteiger partial charge is 0.361 e. The predicted octanol–water partition coefficient (Wildman–Crippen LogP) is 10.6. The van der Waals surface area contributed by atoms with E-state index in [0.29, 0.717) is 22.8 Å². The smallest absolute Gasteiger partial charge is 0.224 e. The number of hydrogen-bond acceptors (Lipinski definition) is 6. The summed E-state index contributed by atoms with van der Waals surface area (Å²) >= 11 is 0. The van der Waals surface area contributed by atoms with Gasteiger partial charge in [0.15, 0.2) is 0 Å². The van der Waals surface area contributed by atoms with Gasteiger partial charge in [0.25, 0.3) is 0 Å². The highest BCUT2D eigenvalue weighted by molar-refractivity contribution is 5.70. The van der Waals surface area contributed by atoms with E-state index in [1.165, 1.54) is 12.1 Å². The lowest BCUT2D eigenvalue weighted by Gasteiger charge is -2.55. The van der Waals surface area contributed by atoms with Crippen LogP contribution in [-0.2, 0) is 5.41 Å². The van der Waals surface area contributed by atoms with Crippen LogP contribution in [-0.4, -0.2) is 42.1 Å². The zero-order valence-corrected chi connectivity index (χ0v) is 31.6. The molecule has 0 N–H and O–H groups in total. The van der Waals surface area contributed by atoms with Crippen LogP contribution in [0.5, 0.6) is 0 Å². The Kier molecular flexibility index (Phi) is 9.03. The number of hydrogen-bond donors (Lipinski definition) is 0. The van der Waals surface area contributed by atoms with Gasteiger partial charge in [-0.1, -0.05) is 0 Å². The van der Waals surface area contributed by atoms with Crippen LogP contribution in [0, 0.1) is 23.8 Å². The van der Waals surface area contributed by atoms with Crippen LogP contribution in [0.4, 0.5) is 28.9 Å². The third-order valence-electron chi connectivity index (χ3n) is 11.2. The summed E-state index contributed by atoms with van der Waals surface area (Å²) in [6.45, 7) is 21.7. The number of nitrogens with zero attached hydrogens (tertiary/aromatic N) is 6. The molecule has 0 saturated carbocycles. The molecule has 0 aromatic carbocycles. The summed E-state index contributed by atoms with van der Waals surface area (Å²) in [7, 11) is 0. The van der Waals surface area contributed by atoms with Crippen molar-refractivity contribution < 1.29 is 17.6 Å². The number of rotatable bonds is 6. The van der Waals surface area contributed by atoms with Crippen molar-refractivity contribution in [1.82, 2.24) is 19.9 Å². The van der Waals surface area contributed by atoms with Gasteiger partial charge in [-0.3, -0.25) is 9.97 Å². The summed E-state index contributed by atoms with van der Waals surface area (Å²) in [6.07, 6.45) is 5.99. The van der Waals surface area contributed by atoms with E-state index >= 15 is 8.78 Å². The summed E-state index contributed by atoms with van der Waals surface area (Å²) in [4.78, 5) is 21.8. The van der Waals surface area contributed by atoms with Crippen molar-refractivity contribution in [2.45, 2.75) is 135 Å². The molecule has 0 atom stereocenters. The van der Waals surface area contributed by atoms with Crippen LogP contribution in [0.2, 0.25) is 0 Å². The Morgan fingerprint density at radius 3 is 1.16 bits per heavy atom. The molecule has 2 fully saturated rings. The van der Waals surface area contributed by atoms with Crippen molar-refractivity contribution in [3.05, 3.63) is 83.7 Å². The molecule has 6 heterocycles. The maximum atomic E-state index is 15.4. The number of pyridine rings is 4. The molecule has 6 rings (SSSR count). The first-order valence-electron chi connectivity index (χ1n) is 17.9. The lowest BCUT2D eigenvalue weighted by atomic mass is 9.78. The van der Waals surface area contributed by atoms with Gasteiger partial charge in [0.2, 0.25) is 23.8 Å². The molecule has 0 aliphatic carbocycles. The van der Waals surface area contributed by atoms with Crippen LogP contribution in [0.15, 0.2) is 48.5 Å². The van der Waals surface area contributed by atoms with E-state index in [9.17, 15) is 8.78 Å². The molecule has 0 spiro atoms. The number of halogens is 4. The van der Waals surface area contributed by atoms with Crippen LogP contribution in [0.1, 0.15) is 119 Å². The Balaban J connectivity index is 1.62. The molecule has 0 bridgehead atoms. The van der Waals surface area contributed by atoms with E-state index in [0.717, 1.165) is 62.0 Å². The van der Waals surface area contributed by atoms with Crippen molar-refractivity contribution >= 4 is 11.4 Å². The van der Waals surface area contributed by atoms with E-state index in [2.05, 4.69) is 75.2 Å². The Labute approximate surface area is 299 Å². The Bertz CT molecular complexity index is 1800. The highest BCUT2D eigenvalue weighted by Gasteiger charge is 2.44. The molecule has 4 aromatic rings. The molecule has 4 aromatic heterocycles. The van der Waals surface area contributed by atoms with Crippen LogP contribution in [0.25, 0.3) is 22.5 Å². The highest BCUT2D eigenvalue weighted by atomic mass is 19.1. The van der Waals surface area contributed by atoms with Crippen LogP contribution in [0.3, 0.4) is 0 Å². The third kappa shape index (κ3) is 6.83. The summed E-state index contributed by atoms with van der Waals surface area (Å²) in [6, 6.07) is 12.8. The first-order chi connectivity index (χ1) is 23.6. The fourth-order valence-corrected chi connectivity index (χ4v) is 8.94. The Morgan fingerprint density at radius 1 is 0.510 bits per heavy atom. The van der Waals surface area contributed by atoms with Crippen LogP contribution < -0.4 is 9.80 Å². The van der Waals surface area contributed by atoms with Crippen molar-refractivity contribution in [1.29, 1.82) is 0 Å². The normalized spacial score (nSPS) is 19.6. The summed E-state index contributed by atoms with van der Waals surface area (Å²) in [5, 5.41) is 0. The minimum absolute atomic E-state index is 0.0848. The summed E-state index contributed by atoms with van der Waals surface area (Å²) in [5.41, 5.74) is 1.87. The molecule has 2 saturated heterocycles. The quantitative estimate of drug-likeness (QED) is 0.147. The SMILES string of the molecule is CC(C)(c1cc(N2C(C)(C)CCCC2(C)C)cc(-c2ccc(F)nc2F)n1)c1cc(N2C(C)(C)CCCC2(C)C)cc(-c2ccc(F)nc2F)n1. The molecule has 0 unspecified atom stereocenters. The molecular formula is C41H50F4N6. The molecule has 6 nitrogen and oxygen atoms in total. The number of anilines is 2. The molecule has 2 aliphatic heterocycles. The average Bonchev–Trinajstić information content (AvgIpc) is 2.99. The van der Waals surface area contributed by atoms with Gasteiger partial charge in [0.05, 0.1) is 33.9 Å². The van der Waals surface area contributed by atoms with Gasteiger partial charge in [-0.15, -0.1) is 0 Å². The van der Waals surface area contributed by atoms with Crippen molar-refractivity contribution in [3.63, 3.8) is 0 Å². The van der Waals surface area contributed by atoms with Gasteiger partial charge >= 0.3 is 0 Å². The topological polar surface area (TPSA) is 58.0 Å². The average molecular weight is 703 g/mol. The zero-order chi connectivity index (χ0) is 37.3. The molecule has 272 valence electrons. The monoisotopic (exact) mass is 702 g/mol. The standard InChI is InChI=1S/C41H50F4N6/c1-37(2)17-11-18-38(3,4)50(37)25-21-29(27-13-15-33(42)48-35(27)44)46-31(23-25)41(9,10)32-24-26(51-39(5,6)19-12-20-40(51,7)8)22-30(47-32)28-14-16-34(43)49-36(28)45/h13-16,21-24H,11-12,17-20H2,1-10H3. The molecule has 51 heavy (non-hydrogen) atoms. The van der Waals surface area contributed by atoms with Gasteiger partial charge in [-0.25, -0.2) is 0 Å².